The summed E-state index contributed by atoms with van der Waals surface area (Å²) in [6, 6.07) is 23.7. The minimum absolute atomic E-state index is 0.166. The van der Waals surface area contributed by atoms with Crippen molar-refractivity contribution in [3.8, 4) is 5.75 Å². The summed E-state index contributed by atoms with van der Waals surface area (Å²) >= 11 is 0. The second kappa shape index (κ2) is 11.9. The van der Waals surface area contributed by atoms with Crippen molar-refractivity contribution < 1.29 is 9.13 Å². The van der Waals surface area contributed by atoms with Crippen molar-refractivity contribution in [1.29, 1.82) is 0 Å². The Kier molecular flexibility index (Phi) is 7.80. The molecule has 4 aromatic rings. The number of hydrogen-bond acceptors (Lipinski definition) is 8. The van der Waals surface area contributed by atoms with Crippen LogP contribution in [0, 0.1) is 5.82 Å². The largest absolute Gasteiger partial charge is 0.489 e. The highest BCUT2D eigenvalue weighted by atomic mass is 19.1. The lowest BCUT2D eigenvalue weighted by Gasteiger charge is -2.26. The fraction of sp³-hybridized carbons (Fsp3) is 0.214. The van der Waals surface area contributed by atoms with Crippen LogP contribution in [-0.4, -0.2) is 34.3 Å². The van der Waals surface area contributed by atoms with E-state index in [4.69, 9.17) is 4.74 Å². The molecule has 188 valence electrons. The third kappa shape index (κ3) is 6.78. The molecule has 0 radical (unpaired) electrons. The van der Waals surface area contributed by atoms with Crippen LogP contribution in [0.5, 0.6) is 5.75 Å². The smallest absolute Gasteiger partial charge is 0.250 e. The van der Waals surface area contributed by atoms with Crippen molar-refractivity contribution in [2.45, 2.75) is 25.9 Å². The molecule has 0 aliphatic carbocycles. The zero-order valence-corrected chi connectivity index (χ0v) is 20.3. The van der Waals surface area contributed by atoms with Gasteiger partial charge in [0.15, 0.2) is 0 Å². The van der Waals surface area contributed by atoms with Crippen molar-refractivity contribution in [2.24, 2.45) is 5.10 Å². The molecular weight excluding hydrogens is 469 g/mol. The molecule has 1 saturated heterocycles. The maximum Gasteiger partial charge on any atom is 0.250 e. The van der Waals surface area contributed by atoms with Crippen molar-refractivity contribution in [1.82, 2.24) is 15.0 Å². The van der Waals surface area contributed by atoms with E-state index in [0.717, 1.165) is 37.2 Å². The van der Waals surface area contributed by atoms with Gasteiger partial charge in [0.2, 0.25) is 17.8 Å². The van der Waals surface area contributed by atoms with Crippen LogP contribution >= 0.6 is 0 Å². The average molecular weight is 498 g/mol. The van der Waals surface area contributed by atoms with Gasteiger partial charge in [-0.15, -0.1) is 0 Å². The Hall–Kier alpha value is -4.53. The summed E-state index contributed by atoms with van der Waals surface area (Å²) < 4.78 is 19.5. The number of ether oxygens (including phenoxy) is 1. The minimum atomic E-state index is -0.277. The molecular formula is C28H28FN7O. The summed E-state index contributed by atoms with van der Waals surface area (Å²) in [5, 5.41) is 7.56. The maximum absolute atomic E-state index is 13.8. The average Bonchev–Trinajstić information content (AvgIpc) is 2.94. The molecule has 1 fully saturated rings. The first kappa shape index (κ1) is 24.2. The van der Waals surface area contributed by atoms with Crippen LogP contribution in [0.25, 0.3) is 0 Å². The Labute approximate surface area is 215 Å². The van der Waals surface area contributed by atoms with Gasteiger partial charge in [-0.25, -0.2) is 9.82 Å². The Morgan fingerprint density at radius 2 is 1.57 bits per heavy atom. The molecule has 2 heterocycles. The number of hydrazone groups is 1. The normalized spacial score (nSPS) is 13.5. The second-order valence-corrected chi connectivity index (χ2v) is 8.64. The van der Waals surface area contributed by atoms with E-state index < -0.39 is 0 Å². The molecule has 8 nitrogen and oxygen atoms in total. The van der Waals surface area contributed by atoms with E-state index in [9.17, 15) is 4.39 Å². The number of anilines is 4. The molecule has 0 unspecified atom stereocenters. The second-order valence-electron chi connectivity index (χ2n) is 8.64. The monoisotopic (exact) mass is 497 g/mol. The Bertz CT molecular complexity index is 1330. The van der Waals surface area contributed by atoms with Crippen LogP contribution in [0.15, 0.2) is 84.0 Å². The highest BCUT2D eigenvalue weighted by Crippen LogP contribution is 2.21. The number of para-hydroxylation sites is 1. The molecule has 0 spiro atoms. The highest BCUT2D eigenvalue weighted by Gasteiger charge is 2.16. The Balaban J connectivity index is 1.25. The first-order chi connectivity index (χ1) is 18.2. The van der Waals surface area contributed by atoms with Crippen LogP contribution in [0.3, 0.4) is 0 Å². The topological polar surface area (TPSA) is 87.6 Å². The van der Waals surface area contributed by atoms with Gasteiger partial charge in [0, 0.05) is 24.3 Å². The zero-order chi connectivity index (χ0) is 25.3. The van der Waals surface area contributed by atoms with Crippen LogP contribution in [-0.2, 0) is 6.61 Å². The number of nitrogens with one attached hydrogen (secondary N) is 2. The predicted octanol–water partition coefficient (Wildman–Crippen LogP) is 5.77. The molecule has 1 aliphatic rings. The highest BCUT2D eigenvalue weighted by molar-refractivity contribution is 5.80. The van der Waals surface area contributed by atoms with Crippen LogP contribution in [0.4, 0.5) is 27.9 Å². The quantitative estimate of drug-likeness (QED) is 0.224. The third-order valence-corrected chi connectivity index (χ3v) is 5.90. The lowest BCUT2D eigenvalue weighted by atomic mass is 10.1. The van der Waals surface area contributed by atoms with E-state index in [0.29, 0.717) is 29.2 Å². The summed E-state index contributed by atoms with van der Waals surface area (Å²) in [4.78, 5) is 15.9. The number of hydrogen-bond donors (Lipinski definition) is 2. The van der Waals surface area contributed by atoms with Gasteiger partial charge in [-0.3, -0.25) is 0 Å². The lowest BCUT2D eigenvalue weighted by molar-refractivity contribution is 0.300. The van der Waals surface area contributed by atoms with Gasteiger partial charge in [-0.05, 0) is 67.3 Å². The minimum Gasteiger partial charge on any atom is -0.489 e. The first-order valence-corrected chi connectivity index (χ1v) is 12.3. The molecule has 0 atom stereocenters. The predicted molar refractivity (Wildman–Crippen MR) is 144 cm³/mol. The van der Waals surface area contributed by atoms with E-state index in [2.05, 4.69) is 35.7 Å². The molecule has 1 aromatic heterocycles. The molecule has 1 aliphatic heterocycles. The SMILES string of the molecule is Fc1ccccc1COc1ccc(/C=N\Nc2nc(Nc3ccccc3)nc(N3CCCCC3)n2)cc1. The van der Waals surface area contributed by atoms with Gasteiger partial charge < -0.3 is 15.0 Å². The molecule has 0 amide bonds. The van der Waals surface area contributed by atoms with E-state index >= 15 is 0 Å². The maximum atomic E-state index is 13.8. The Morgan fingerprint density at radius 3 is 2.35 bits per heavy atom. The summed E-state index contributed by atoms with van der Waals surface area (Å²) in [6.45, 7) is 2.01. The van der Waals surface area contributed by atoms with Gasteiger partial charge in [-0.2, -0.15) is 20.1 Å². The van der Waals surface area contributed by atoms with E-state index in [1.807, 2.05) is 54.6 Å². The summed E-state index contributed by atoms with van der Waals surface area (Å²) in [7, 11) is 0. The van der Waals surface area contributed by atoms with Crippen molar-refractivity contribution in [3.63, 3.8) is 0 Å². The van der Waals surface area contributed by atoms with Gasteiger partial charge in [0.05, 0.1) is 6.21 Å². The molecule has 5 rings (SSSR count). The van der Waals surface area contributed by atoms with Crippen molar-refractivity contribution in [3.05, 3.63) is 95.8 Å². The Morgan fingerprint density at radius 1 is 0.838 bits per heavy atom. The lowest BCUT2D eigenvalue weighted by Crippen LogP contribution is -2.31. The van der Waals surface area contributed by atoms with Gasteiger partial charge in [0.1, 0.15) is 18.2 Å². The number of aromatic nitrogens is 3. The fourth-order valence-electron chi connectivity index (χ4n) is 3.95. The molecule has 2 N–H and O–H groups in total. The summed E-state index contributed by atoms with van der Waals surface area (Å²) in [5.74, 6) is 1.81. The van der Waals surface area contributed by atoms with Crippen molar-refractivity contribution >= 4 is 29.7 Å². The van der Waals surface area contributed by atoms with Crippen LogP contribution < -0.4 is 20.4 Å². The first-order valence-electron chi connectivity index (χ1n) is 12.3. The molecule has 3 aromatic carbocycles. The van der Waals surface area contributed by atoms with E-state index in [1.54, 1.807) is 24.4 Å². The third-order valence-electron chi connectivity index (χ3n) is 5.90. The molecule has 37 heavy (non-hydrogen) atoms. The van der Waals surface area contributed by atoms with E-state index in [1.165, 1.54) is 12.5 Å². The number of halogens is 1. The molecule has 0 bridgehead atoms. The standard InChI is InChI=1S/C28H28FN7O/c29-25-12-6-5-9-22(25)20-37-24-15-13-21(14-16-24)19-30-35-27-32-26(31-23-10-3-1-4-11-23)33-28(34-27)36-17-7-2-8-18-36/h1,3-6,9-16,19H,2,7-8,17-18,20H2,(H2,31,32,33,34,35)/b30-19-. The molecule has 0 saturated carbocycles. The van der Waals surface area contributed by atoms with E-state index in [-0.39, 0.29) is 12.4 Å². The zero-order valence-electron chi connectivity index (χ0n) is 20.3. The number of benzene rings is 3. The number of piperidine rings is 1. The fourth-order valence-corrected chi connectivity index (χ4v) is 3.95. The summed E-state index contributed by atoms with van der Waals surface area (Å²) in [5.41, 5.74) is 5.20. The molecule has 9 heteroatoms. The number of rotatable bonds is 9. The van der Waals surface area contributed by atoms with Crippen molar-refractivity contribution in [2.75, 3.05) is 28.7 Å². The summed E-state index contributed by atoms with van der Waals surface area (Å²) in [6.07, 6.45) is 5.14. The van der Waals surface area contributed by atoms with Crippen LogP contribution in [0.2, 0.25) is 0 Å². The van der Waals surface area contributed by atoms with Gasteiger partial charge >= 0.3 is 0 Å². The number of nitrogens with zero attached hydrogens (tertiary/aromatic N) is 5. The van der Waals surface area contributed by atoms with Gasteiger partial charge in [0.25, 0.3) is 0 Å². The van der Waals surface area contributed by atoms with Gasteiger partial charge in [-0.1, -0.05) is 36.4 Å². The van der Waals surface area contributed by atoms with Crippen LogP contribution in [0.1, 0.15) is 30.4 Å².